The topological polar surface area (TPSA) is 37.3 Å². The molecule has 4 heteroatoms. The van der Waals surface area contributed by atoms with E-state index in [9.17, 15) is 9.90 Å². The highest BCUT2D eigenvalue weighted by molar-refractivity contribution is 6.45. The minimum atomic E-state index is -0.325. The zero-order chi connectivity index (χ0) is 15.2. The first kappa shape index (κ1) is 15.2. The van der Waals surface area contributed by atoms with Gasteiger partial charge in [-0.15, -0.1) is 0 Å². The second-order valence-corrected chi connectivity index (χ2v) is 7.21. The quantitative estimate of drug-likeness (QED) is 0.805. The SMILES string of the molecule is CCC[C@@]1(C2CCCC2)Cc2cc(O)c(Cl)c(Cl)c2C1=O. The molecule has 2 nitrogen and oxygen atoms in total. The van der Waals surface area contributed by atoms with E-state index >= 15 is 0 Å². The number of rotatable bonds is 3. The number of hydrogen-bond donors (Lipinski definition) is 1. The molecule has 21 heavy (non-hydrogen) atoms. The molecule has 0 unspecified atom stereocenters. The first-order chi connectivity index (χ1) is 10.0. The monoisotopic (exact) mass is 326 g/mol. The lowest BCUT2D eigenvalue weighted by Gasteiger charge is -2.33. The average molecular weight is 327 g/mol. The van der Waals surface area contributed by atoms with Crippen molar-refractivity contribution in [2.75, 3.05) is 0 Å². The van der Waals surface area contributed by atoms with E-state index in [4.69, 9.17) is 23.2 Å². The number of carbonyl (C=O) groups is 1. The van der Waals surface area contributed by atoms with E-state index in [0.717, 1.165) is 31.2 Å². The summed E-state index contributed by atoms with van der Waals surface area (Å²) in [6, 6.07) is 1.63. The molecular formula is C17H20Cl2O2. The molecule has 0 aromatic heterocycles. The normalized spacial score (nSPS) is 25.6. The van der Waals surface area contributed by atoms with Gasteiger partial charge in [0.2, 0.25) is 0 Å². The lowest BCUT2D eigenvalue weighted by molar-refractivity contribution is 0.0676. The van der Waals surface area contributed by atoms with Crippen LogP contribution in [0.4, 0.5) is 0 Å². The zero-order valence-corrected chi connectivity index (χ0v) is 13.7. The molecule has 0 spiro atoms. The van der Waals surface area contributed by atoms with Gasteiger partial charge in [0.1, 0.15) is 10.8 Å². The first-order valence-corrected chi connectivity index (χ1v) is 8.51. The van der Waals surface area contributed by atoms with Crippen LogP contribution in [0, 0.1) is 11.3 Å². The molecule has 1 N–H and O–H groups in total. The van der Waals surface area contributed by atoms with E-state index in [2.05, 4.69) is 6.92 Å². The van der Waals surface area contributed by atoms with Crippen LogP contribution in [-0.4, -0.2) is 10.9 Å². The van der Waals surface area contributed by atoms with Gasteiger partial charge in [0.05, 0.1) is 5.02 Å². The van der Waals surface area contributed by atoms with Gasteiger partial charge < -0.3 is 5.11 Å². The van der Waals surface area contributed by atoms with Crippen LogP contribution in [0.5, 0.6) is 5.75 Å². The zero-order valence-electron chi connectivity index (χ0n) is 12.2. The van der Waals surface area contributed by atoms with Crippen molar-refractivity contribution in [2.24, 2.45) is 11.3 Å². The fourth-order valence-corrected chi connectivity index (χ4v) is 4.83. The van der Waals surface area contributed by atoms with E-state index in [1.54, 1.807) is 6.07 Å². The summed E-state index contributed by atoms with van der Waals surface area (Å²) in [5.74, 6) is 0.569. The largest absolute Gasteiger partial charge is 0.506 e. The third-order valence-corrected chi connectivity index (χ3v) is 6.14. The number of benzene rings is 1. The van der Waals surface area contributed by atoms with Crippen LogP contribution in [0.3, 0.4) is 0 Å². The number of carbonyl (C=O) groups excluding carboxylic acids is 1. The summed E-state index contributed by atoms with van der Waals surface area (Å²) in [5.41, 5.74) is 1.10. The maximum Gasteiger partial charge on any atom is 0.171 e. The molecule has 1 aromatic rings. The standard InChI is InChI=1S/C17H20Cl2O2/c1-2-7-17(11-5-3-4-6-11)9-10-8-12(20)14(18)15(19)13(10)16(17)21/h8,11,20H,2-7,9H2,1H3/t17-/m0/s1. The number of fused-ring (bicyclic) bond motifs is 1. The van der Waals surface area contributed by atoms with Crippen LogP contribution in [0.25, 0.3) is 0 Å². The summed E-state index contributed by atoms with van der Waals surface area (Å²) >= 11 is 12.3. The van der Waals surface area contributed by atoms with Crippen molar-refractivity contribution in [3.8, 4) is 5.75 Å². The third kappa shape index (κ3) is 2.19. The van der Waals surface area contributed by atoms with Crippen molar-refractivity contribution < 1.29 is 9.90 Å². The van der Waals surface area contributed by atoms with Crippen molar-refractivity contribution in [3.63, 3.8) is 0 Å². The molecule has 1 fully saturated rings. The number of halogens is 2. The predicted molar refractivity (Wildman–Crippen MR) is 85.5 cm³/mol. The lowest BCUT2D eigenvalue weighted by Crippen LogP contribution is -2.35. The summed E-state index contributed by atoms with van der Waals surface area (Å²) in [6.07, 6.45) is 7.23. The Morgan fingerprint density at radius 3 is 2.57 bits per heavy atom. The summed E-state index contributed by atoms with van der Waals surface area (Å²) < 4.78 is 0. The van der Waals surface area contributed by atoms with E-state index < -0.39 is 0 Å². The Morgan fingerprint density at radius 2 is 1.95 bits per heavy atom. The lowest BCUT2D eigenvalue weighted by atomic mass is 9.68. The fourth-order valence-electron chi connectivity index (χ4n) is 4.38. The van der Waals surface area contributed by atoms with E-state index in [1.165, 1.54) is 12.8 Å². The fraction of sp³-hybridized carbons (Fsp3) is 0.588. The predicted octanol–water partition coefficient (Wildman–Crippen LogP) is 5.41. The number of phenols is 1. The molecule has 0 bridgehead atoms. The first-order valence-electron chi connectivity index (χ1n) is 7.76. The van der Waals surface area contributed by atoms with Crippen LogP contribution in [0.2, 0.25) is 10.0 Å². The molecule has 0 saturated heterocycles. The number of Topliss-reactive ketones (excluding diaryl/α,β-unsaturated/α-hetero) is 1. The summed E-state index contributed by atoms with van der Waals surface area (Å²) in [6.45, 7) is 2.12. The van der Waals surface area contributed by atoms with Crippen molar-refractivity contribution >= 4 is 29.0 Å². The molecule has 0 radical (unpaired) electrons. The Balaban J connectivity index is 2.10. The maximum atomic E-state index is 13.2. The molecule has 3 rings (SSSR count). The Bertz CT molecular complexity index is 591. The van der Waals surface area contributed by atoms with E-state index in [0.29, 0.717) is 17.9 Å². The van der Waals surface area contributed by atoms with Gasteiger partial charge in [-0.25, -0.2) is 0 Å². The molecule has 0 aliphatic heterocycles. The van der Waals surface area contributed by atoms with Crippen LogP contribution in [-0.2, 0) is 6.42 Å². The van der Waals surface area contributed by atoms with Gasteiger partial charge in [-0.3, -0.25) is 4.79 Å². The van der Waals surface area contributed by atoms with Crippen LogP contribution in [0.1, 0.15) is 61.4 Å². The third-order valence-electron chi connectivity index (χ3n) is 5.29. The van der Waals surface area contributed by atoms with Crippen LogP contribution < -0.4 is 0 Å². The van der Waals surface area contributed by atoms with Gasteiger partial charge in [-0.1, -0.05) is 49.4 Å². The van der Waals surface area contributed by atoms with Crippen molar-refractivity contribution in [2.45, 2.75) is 51.9 Å². The van der Waals surface area contributed by atoms with Gasteiger partial charge in [-0.2, -0.15) is 0 Å². The molecule has 1 saturated carbocycles. The summed E-state index contributed by atoms with van der Waals surface area (Å²) in [5, 5.41) is 10.2. The van der Waals surface area contributed by atoms with Crippen molar-refractivity contribution in [1.82, 2.24) is 0 Å². The Hall–Kier alpha value is -0.730. The highest BCUT2D eigenvalue weighted by atomic mass is 35.5. The summed E-state index contributed by atoms with van der Waals surface area (Å²) in [7, 11) is 0. The van der Waals surface area contributed by atoms with E-state index in [1.807, 2.05) is 0 Å². The molecule has 0 amide bonds. The average Bonchev–Trinajstić information content (AvgIpc) is 3.05. The Labute approximate surface area is 135 Å². The Morgan fingerprint density at radius 1 is 1.29 bits per heavy atom. The molecule has 1 aromatic carbocycles. The smallest absolute Gasteiger partial charge is 0.171 e. The highest BCUT2D eigenvalue weighted by Crippen LogP contribution is 2.54. The second kappa shape index (κ2) is 5.48. The van der Waals surface area contributed by atoms with Gasteiger partial charge >= 0.3 is 0 Å². The second-order valence-electron chi connectivity index (χ2n) is 6.45. The molecule has 114 valence electrons. The van der Waals surface area contributed by atoms with Gasteiger partial charge in [0.25, 0.3) is 0 Å². The number of ketones is 1. The van der Waals surface area contributed by atoms with E-state index in [-0.39, 0.29) is 27.0 Å². The minimum Gasteiger partial charge on any atom is -0.506 e. The van der Waals surface area contributed by atoms with Crippen LogP contribution >= 0.6 is 23.2 Å². The number of aromatic hydroxyl groups is 1. The van der Waals surface area contributed by atoms with Gasteiger partial charge in [0, 0.05) is 11.0 Å². The summed E-state index contributed by atoms with van der Waals surface area (Å²) in [4.78, 5) is 13.2. The van der Waals surface area contributed by atoms with Gasteiger partial charge in [0.15, 0.2) is 5.78 Å². The molecule has 2 aliphatic rings. The molecule has 0 heterocycles. The van der Waals surface area contributed by atoms with Crippen molar-refractivity contribution in [3.05, 3.63) is 27.2 Å². The molecular weight excluding hydrogens is 307 g/mol. The molecule has 1 atom stereocenters. The van der Waals surface area contributed by atoms with Crippen LogP contribution in [0.15, 0.2) is 6.07 Å². The molecule has 2 aliphatic carbocycles. The Kier molecular flexibility index (Phi) is 3.96. The minimum absolute atomic E-state index is 0.0214. The van der Waals surface area contributed by atoms with Crippen molar-refractivity contribution in [1.29, 1.82) is 0 Å². The maximum absolute atomic E-state index is 13.2. The number of hydrogen-bond acceptors (Lipinski definition) is 2. The highest BCUT2D eigenvalue weighted by Gasteiger charge is 2.51. The van der Waals surface area contributed by atoms with Gasteiger partial charge in [-0.05, 0) is 43.2 Å². The number of phenolic OH excluding ortho intramolecular Hbond substituents is 1.